The van der Waals surface area contributed by atoms with Crippen molar-refractivity contribution in [3.63, 3.8) is 0 Å². The Morgan fingerprint density at radius 3 is 2.94 bits per heavy atom. The molecule has 0 radical (unpaired) electrons. The van der Waals surface area contributed by atoms with Crippen LogP contribution in [0.5, 0.6) is 0 Å². The van der Waals surface area contributed by atoms with E-state index < -0.39 is 0 Å². The molecule has 33 heavy (non-hydrogen) atoms. The first-order valence-corrected chi connectivity index (χ1v) is 12.9. The second-order valence-electron chi connectivity index (χ2n) is 8.75. The number of aliphatic imine (C=N–C) groups is 1. The molecule has 2 aromatic heterocycles. The highest BCUT2D eigenvalue weighted by atomic mass is 32.2. The van der Waals surface area contributed by atoms with Crippen LogP contribution >= 0.6 is 23.1 Å². The SMILES string of the molecule is CC(C)Nc1cc(Nc2ccc3ncsc3c2)ncc1C(=O)NC1CCC2N=C(N)SC2C1. The topological polar surface area (TPSA) is 117 Å². The van der Waals surface area contributed by atoms with Gasteiger partial charge in [0.2, 0.25) is 0 Å². The van der Waals surface area contributed by atoms with E-state index in [0.29, 0.717) is 21.8 Å². The summed E-state index contributed by atoms with van der Waals surface area (Å²) in [6, 6.07) is 8.49. The lowest BCUT2D eigenvalue weighted by atomic mass is 9.91. The highest BCUT2D eigenvalue weighted by Gasteiger charge is 2.36. The molecule has 3 atom stereocenters. The van der Waals surface area contributed by atoms with Crippen molar-refractivity contribution in [1.29, 1.82) is 0 Å². The molecular formula is C23H27N7OS2. The molecular weight excluding hydrogens is 454 g/mol. The van der Waals surface area contributed by atoms with E-state index in [1.165, 1.54) is 0 Å². The minimum absolute atomic E-state index is 0.108. The predicted molar refractivity (Wildman–Crippen MR) is 138 cm³/mol. The van der Waals surface area contributed by atoms with Gasteiger partial charge >= 0.3 is 0 Å². The maximum Gasteiger partial charge on any atom is 0.255 e. The Labute approximate surface area is 200 Å². The number of amides is 1. The summed E-state index contributed by atoms with van der Waals surface area (Å²) in [4.78, 5) is 26.5. The van der Waals surface area contributed by atoms with Gasteiger partial charge in [-0.05, 0) is 51.3 Å². The molecule has 3 aromatic rings. The fraction of sp³-hybridized carbons (Fsp3) is 0.391. The van der Waals surface area contributed by atoms with Gasteiger partial charge in [0.25, 0.3) is 5.91 Å². The number of hydrogen-bond donors (Lipinski definition) is 4. The van der Waals surface area contributed by atoms with Crippen LogP contribution in [0.1, 0.15) is 43.5 Å². The Balaban J connectivity index is 1.31. The van der Waals surface area contributed by atoms with E-state index in [-0.39, 0.29) is 24.0 Å². The molecule has 3 heterocycles. The van der Waals surface area contributed by atoms with Gasteiger partial charge in [0.15, 0.2) is 5.17 Å². The molecule has 1 aliphatic carbocycles. The number of nitrogens with zero attached hydrogens (tertiary/aromatic N) is 3. The number of aromatic nitrogens is 2. The van der Waals surface area contributed by atoms with E-state index in [0.717, 1.165) is 40.9 Å². The van der Waals surface area contributed by atoms with Crippen LogP contribution < -0.4 is 21.7 Å². The monoisotopic (exact) mass is 481 g/mol. The Kier molecular flexibility index (Phi) is 6.11. The second-order valence-corrected chi connectivity index (χ2v) is 10.9. The number of amidine groups is 1. The number of nitrogens with two attached hydrogens (primary N) is 1. The van der Waals surface area contributed by atoms with Gasteiger partial charge < -0.3 is 21.7 Å². The van der Waals surface area contributed by atoms with Crippen molar-refractivity contribution in [3.8, 4) is 0 Å². The summed E-state index contributed by atoms with van der Waals surface area (Å²) in [7, 11) is 0. The average Bonchev–Trinajstić information content (AvgIpc) is 3.38. The van der Waals surface area contributed by atoms with Crippen molar-refractivity contribution >= 4 is 61.6 Å². The summed E-state index contributed by atoms with van der Waals surface area (Å²) in [5.74, 6) is 0.567. The first kappa shape index (κ1) is 22.0. The smallest absolute Gasteiger partial charge is 0.255 e. The molecule has 1 saturated carbocycles. The Morgan fingerprint density at radius 1 is 1.21 bits per heavy atom. The van der Waals surface area contributed by atoms with Gasteiger partial charge in [-0.25, -0.2) is 9.97 Å². The van der Waals surface area contributed by atoms with Crippen LogP contribution in [0.15, 0.2) is 41.0 Å². The van der Waals surface area contributed by atoms with E-state index in [1.54, 1.807) is 29.3 Å². The number of nitrogens with one attached hydrogen (secondary N) is 3. The molecule has 0 bridgehead atoms. The van der Waals surface area contributed by atoms with Crippen molar-refractivity contribution in [2.24, 2.45) is 10.7 Å². The summed E-state index contributed by atoms with van der Waals surface area (Å²) in [5.41, 5.74) is 10.9. The van der Waals surface area contributed by atoms with Crippen molar-refractivity contribution < 1.29 is 4.79 Å². The number of carbonyl (C=O) groups is 1. The molecule has 172 valence electrons. The normalized spacial score (nSPS) is 22.2. The predicted octanol–water partition coefficient (Wildman–Crippen LogP) is 4.34. The number of anilines is 3. The lowest BCUT2D eigenvalue weighted by Crippen LogP contribution is -2.42. The number of rotatable bonds is 6. The van der Waals surface area contributed by atoms with Crippen LogP contribution in [0.4, 0.5) is 17.2 Å². The highest BCUT2D eigenvalue weighted by Crippen LogP contribution is 2.36. The third-order valence-corrected chi connectivity index (χ3v) is 7.80. The van der Waals surface area contributed by atoms with Crippen molar-refractivity contribution in [1.82, 2.24) is 15.3 Å². The van der Waals surface area contributed by atoms with Crippen LogP contribution in [0.2, 0.25) is 0 Å². The van der Waals surface area contributed by atoms with Gasteiger partial charge in [-0.3, -0.25) is 9.79 Å². The minimum atomic E-state index is -0.108. The Bertz CT molecular complexity index is 1210. The van der Waals surface area contributed by atoms with Crippen molar-refractivity contribution in [2.75, 3.05) is 10.6 Å². The second kappa shape index (κ2) is 9.18. The number of carbonyl (C=O) groups excluding carboxylic acids is 1. The molecule has 0 saturated heterocycles. The standard InChI is InChI=1S/C23H27N7OS2/c1-12(2)27-18-9-21(28-13-3-5-16-19(7-13)32-11-26-16)25-10-15(18)22(31)29-14-4-6-17-20(8-14)33-23(24)30-17/h3,5,7,9-12,14,17,20H,4,6,8H2,1-2H3,(H2,24,30)(H,29,31)(H2,25,27,28). The molecule has 1 fully saturated rings. The maximum absolute atomic E-state index is 13.2. The zero-order chi connectivity index (χ0) is 22.9. The number of thiazole rings is 1. The van der Waals surface area contributed by atoms with Gasteiger partial charge in [0.1, 0.15) is 5.82 Å². The number of hydrogen-bond acceptors (Lipinski definition) is 9. The van der Waals surface area contributed by atoms with E-state index in [2.05, 4.69) is 50.8 Å². The lowest BCUT2D eigenvalue weighted by molar-refractivity contribution is 0.0927. The molecule has 2 aliphatic rings. The Morgan fingerprint density at radius 2 is 2.09 bits per heavy atom. The summed E-state index contributed by atoms with van der Waals surface area (Å²) in [5, 5.41) is 11.0. The third-order valence-electron chi connectivity index (χ3n) is 5.85. The zero-order valence-corrected chi connectivity index (χ0v) is 20.2. The van der Waals surface area contributed by atoms with Gasteiger partial charge in [-0.15, -0.1) is 11.3 Å². The summed E-state index contributed by atoms with van der Waals surface area (Å²) >= 11 is 3.23. The van der Waals surface area contributed by atoms with Crippen LogP contribution in [-0.4, -0.2) is 44.4 Å². The van der Waals surface area contributed by atoms with E-state index in [4.69, 9.17) is 5.73 Å². The van der Waals surface area contributed by atoms with Crippen molar-refractivity contribution in [2.45, 2.75) is 56.5 Å². The summed E-state index contributed by atoms with van der Waals surface area (Å²) in [6.45, 7) is 4.10. The maximum atomic E-state index is 13.2. The van der Waals surface area contributed by atoms with Crippen molar-refractivity contribution in [3.05, 3.63) is 41.5 Å². The van der Waals surface area contributed by atoms with Crippen LogP contribution in [0.25, 0.3) is 10.2 Å². The van der Waals surface area contributed by atoms with Gasteiger partial charge in [-0.1, -0.05) is 11.8 Å². The van der Waals surface area contributed by atoms with Gasteiger partial charge in [-0.2, -0.15) is 0 Å². The fourth-order valence-electron chi connectivity index (χ4n) is 4.35. The fourth-order valence-corrected chi connectivity index (χ4v) is 6.25. The molecule has 3 unspecified atom stereocenters. The largest absolute Gasteiger partial charge is 0.382 e. The quantitative estimate of drug-likeness (QED) is 0.414. The number of pyridine rings is 1. The van der Waals surface area contributed by atoms with E-state index in [9.17, 15) is 4.79 Å². The summed E-state index contributed by atoms with van der Waals surface area (Å²) < 4.78 is 1.11. The molecule has 0 spiro atoms. The number of benzene rings is 1. The molecule has 10 heteroatoms. The molecule has 1 amide bonds. The molecule has 8 nitrogen and oxygen atoms in total. The molecule has 5 N–H and O–H groups in total. The molecule has 1 aliphatic heterocycles. The first-order valence-electron chi connectivity index (χ1n) is 11.1. The minimum Gasteiger partial charge on any atom is -0.382 e. The average molecular weight is 482 g/mol. The first-order chi connectivity index (χ1) is 15.9. The summed E-state index contributed by atoms with van der Waals surface area (Å²) in [6.07, 6.45) is 4.38. The van der Waals surface area contributed by atoms with Crippen LogP contribution in [-0.2, 0) is 0 Å². The molecule has 5 rings (SSSR count). The Hall–Kier alpha value is -2.85. The van der Waals surface area contributed by atoms with Crippen LogP contribution in [0.3, 0.4) is 0 Å². The lowest BCUT2D eigenvalue weighted by Gasteiger charge is -2.30. The van der Waals surface area contributed by atoms with Gasteiger partial charge in [0, 0.05) is 35.3 Å². The third kappa shape index (κ3) is 4.91. The highest BCUT2D eigenvalue weighted by molar-refractivity contribution is 8.14. The number of fused-ring (bicyclic) bond motifs is 2. The van der Waals surface area contributed by atoms with E-state index >= 15 is 0 Å². The zero-order valence-electron chi connectivity index (χ0n) is 18.5. The van der Waals surface area contributed by atoms with Gasteiger partial charge in [0.05, 0.1) is 33.0 Å². The number of thioether (sulfide) groups is 1. The molecule has 1 aromatic carbocycles. The van der Waals surface area contributed by atoms with E-state index in [1.807, 2.05) is 23.7 Å². The van der Waals surface area contributed by atoms with Crippen LogP contribution in [0, 0.1) is 0 Å².